The van der Waals surface area contributed by atoms with Crippen molar-refractivity contribution in [3.63, 3.8) is 0 Å². The maximum atomic E-state index is 12.1. The van der Waals surface area contributed by atoms with Crippen LogP contribution in [0.15, 0.2) is 48.5 Å². The third kappa shape index (κ3) is 5.27. The molecule has 120 valence electrons. The molecule has 2 amide bonds. The Morgan fingerprint density at radius 2 is 1.70 bits per heavy atom. The molecule has 23 heavy (non-hydrogen) atoms. The third-order valence-electron chi connectivity index (χ3n) is 3.23. The number of nitrogens with zero attached hydrogens (tertiary/aromatic N) is 1. The molecule has 0 unspecified atom stereocenters. The molecule has 2 aromatic rings. The highest BCUT2D eigenvalue weighted by atomic mass is 35.5. The summed E-state index contributed by atoms with van der Waals surface area (Å²) in [6.07, 6.45) is 0. The fraction of sp³-hybridized carbons (Fsp3) is 0.176. The van der Waals surface area contributed by atoms with Gasteiger partial charge in [0.1, 0.15) is 6.54 Å². The SMILES string of the molecule is CC(=O)N(CC(=O)Nc1ccc(Cl)cc1)Cc1ccccc1Cl. The van der Waals surface area contributed by atoms with Crippen LogP contribution in [0.25, 0.3) is 0 Å². The number of amides is 2. The number of hydrogen-bond acceptors (Lipinski definition) is 2. The lowest BCUT2D eigenvalue weighted by atomic mass is 10.2. The summed E-state index contributed by atoms with van der Waals surface area (Å²) in [5, 5.41) is 3.89. The molecule has 0 aliphatic carbocycles. The molecule has 6 heteroatoms. The molecule has 2 rings (SSSR count). The van der Waals surface area contributed by atoms with E-state index in [1.54, 1.807) is 30.3 Å². The lowest BCUT2D eigenvalue weighted by molar-refractivity contribution is -0.133. The Kier molecular flexibility index (Phi) is 6.02. The van der Waals surface area contributed by atoms with Gasteiger partial charge >= 0.3 is 0 Å². The normalized spacial score (nSPS) is 10.2. The number of hydrogen-bond donors (Lipinski definition) is 1. The average Bonchev–Trinajstić information content (AvgIpc) is 2.51. The molecule has 0 atom stereocenters. The monoisotopic (exact) mass is 350 g/mol. The molecule has 0 heterocycles. The second-order valence-electron chi connectivity index (χ2n) is 5.02. The van der Waals surface area contributed by atoms with Gasteiger partial charge in [-0.05, 0) is 35.9 Å². The van der Waals surface area contributed by atoms with Gasteiger partial charge in [0.05, 0.1) is 0 Å². The zero-order valence-electron chi connectivity index (χ0n) is 12.6. The highest BCUT2D eigenvalue weighted by Gasteiger charge is 2.15. The van der Waals surface area contributed by atoms with Gasteiger partial charge in [0.15, 0.2) is 0 Å². The molecule has 0 bridgehead atoms. The minimum atomic E-state index is -0.283. The van der Waals surface area contributed by atoms with Crippen LogP contribution >= 0.6 is 23.2 Å². The standard InChI is InChI=1S/C17H16Cl2N2O2/c1-12(22)21(10-13-4-2-3-5-16(13)19)11-17(23)20-15-8-6-14(18)7-9-15/h2-9H,10-11H2,1H3,(H,20,23). The minimum Gasteiger partial charge on any atom is -0.329 e. The summed E-state index contributed by atoms with van der Waals surface area (Å²) in [7, 11) is 0. The van der Waals surface area contributed by atoms with Crippen molar-refractivity contribution in [3.05, 3.63) is 64.1 Å². The molecule has 2 aromatic carbocycles. The van der Waals surface area contributed by atoms with Gasteiger partial charge in [-0.1, -0.05) is 41.4 Å². The Labute approximate surface area is 145 Å². The maximum Gasteiger partial charge on any atom is 0.244 e. The first-order valence-corrected chi connectivity index (χ1v) is 7.75. The third-order valence-corrected chi connectivity index (χ3v) is 3.85. The lowest BCUT2D eigenvalue weighted by Crippen LogP contribution is -2.36. The lowest BCUT2D eigenvalue weighted by Gasteiger charge is -2.21. The fourth-order valence-corrected chi connectivity index (χ4v) is 2.34. The van der Waals surface area contributed by atoms with Crippen molar-refractivity contribution < 1.29 is 9.59 Å². The summed E-state index contributed by atoms with van der Waals surface area (Å²) in [5.74, 6) is -0.481. The van der Waals surface area contributed by atoms with Gasteiger partial charge in [-0.15, -0.1) is 0 Å². The number of carbonyl (C=O) groups excluding carboxylic acids is 2. The minimum absolute atomic E-state index is 0.0524. The van der Waals surface area contributed by atoms with E-state index >= 15 is 0 Å². The molecule has 4 nitrogen and oxygen atoms in total. The number of halogens is 2. The summed E-state index contributed by atoms with van der Waals surface area (Å²) < 4.78 is 0. The summed E-state index contributed by atoms with van der Waals surface area (Å²) in [5.41, 5.74) is 1.42. The molecule has 0 fully saturated rings. The van der Waals surface area contributed by atoms with E-state index in [1.165, 1.54) is 11.8 Å². The molecule has 0 spiro atoms. The van der Waals surface area contributed by atoms with E-state index in [4.69, 9.17) is 23.2 Å². The van der Waals surface area contributed by atoms with Crippen LogP contribution in [0.5, 0.6) is 0 Å². The van der Waals surface area contributed by atoms with Gasteiger partial charge in [0.2, 0.25) is 11.8 Å². The Morgan fingerprint density at radius 3 is 2.30 bits per heavy atom. The van der Waals surface area contributed by atoms with Crippen LogP contribution in [0.1, 0.15) is 12.5 Å². The van der Waals surface area contributed by atoms with Crippen molar-refractivity contribution in [2.45, 2.75) is 13.5 Å². The topological polar surface area (TPSA) is 49.4 Å². The first-order chi connectivity index (χ1) is 11.0. The van der Waals surface area contributed by atoms with Gasteiger partial charge < -0.3 is 10.2 Å². The van der Waals surface area contributed by atoms with Crippen LogP contribution in [0, 0.1) is 0 Å². The van der Waals surface area contributed by atoms with Gasteiger partial charge in [-0.25, -0.2) is 0 Å². The fourth-order valence-electron chi connectivity index (χ4n) is 2.02. The molecule has 0 aliphatic heterocycles. The van der Waals surface area contributed by atoms with Crippen molar-refractivity contribution >= 4 is 40.7 Å². The predicted octanol–water partition coefficient (Wildman–Crippen LogP) is 3.98. The highest BCUT2D eigenvalue weighted by molar-refractivity contribution is 6.31. The second kappa shape index (κ2) is 7.99. The number of rotatable bonds is 5. The van der Waals surface area contributed by atoms with Crippen molar-refractivity contribution in [2.75, 3.05) is 11.9 Å². The summed E-state index contributed by atoms with van der Waals surface area (Å²) in [4.78, 5) is 25.3. The largest absolute Gasteiger partial charge is 0.329 e. The van der Waals surface area contributed by atoms with Crippen LogP contribution < -0.4 is 5.32 Å². The number of benzene rings is 2. The van der Waals surface area contributed by atoms with E-state index in [9.17, 15) is 9.59 Å². The molecule has 0 radical (unpaired) electrons. The van der Waals surface area contributed by atoms with Crippen LogP contribution in [-0.2, 0) is 16.1 Å². The van der Waals surface area contributed by atoms with Crippen molar-refractivity contribution in [2.24, 2.45) is 0 Å². The van der Waals surface area contributed by atoms with E-state index in [0.717, 1.165) is 5.56 Å². The zero-order valence-corrected chi connectivity index (χ0v) is 14.1. The molecule has 0 saturated carbocycles. The number of anilines is 1. The van der Waals surface area contributed by atoms with E-state index in [-0.39, 0.29) is 24.9 Å². The van der Waals surface area contributed by atoms with Gasteiger partial charge in [-0.3, -0.25) is 9.59 Å². The second-order valence-corrected chi connectivity index (χ2v) is 5.87. The van der Waals surface area contributed by atoms with Gasteiger partial charge in [-0.2, -0.15) is 0 Å². The smallest absolute Gasteiger partial charge is 0.244 e. The summed E-state index contributed by atoms with van der Waals surface area (Å²) >= 11 is 11.9. The Morgan fingerprint density at radius 1 is 1.04 bits per heavy atom. The molecule has 0 aliphatic rings. The highest BCUT2D eigenvalue weighted by Crippen LogP contribution is 2.17. The molecule has 1 N–H and O–H groups in total. The van der Waals surface area contributed by atoms with Crippen LogP contribution in [0.2, 0.25) is 10.0 Å². The number of nitrogens with one attached hydrogen (secondary N) is 1. The molecular weight excluding hydrogens is 335 g/mol. The van der Waals surface area contributed by atoms with E-state index < -0.39 is 0 Å². The van der Waals surface area contributed by atoms with Crippen LogP contribution in [-0.4, -0.2) is 23.3 Å². The van der Waals surface area contributed by atoms with Crippen LogP contribution in [0.4, 0.5) is 5.69 Å². The van der Waals surface area contributed by atoms with Gasteiger partial charge in [0, 0.05) is 29.2 Å². The maximum absolute atomic E-state index is 12.1. The Bertz CT molecular complexity index is 702. The first-order valence-electron chi connectivity index (χ1n) is 7.00. The van der Waals surface area contributed by atoms with E-state index in [0.29, 0.717) is 15.7 Å². The first kappa shape index (κ1) is 17.3. The van der Waals surface area contributed by atoms with E-state index in [1.807, 2.05) is 18.2 Å². The average molecular weight is 351 g/mol. The summed E-state index contributed by atoms with van der Waals surface area (Å²) in [6.45, 7) is 1.65. The molecular formula is C17H16Cl2N2O2. The van der Waals surface area contributed by atoms with Crippen molar-refractivity contribution in [1.29, 1.82) is 0 Å². The quantitative estimate of drug-likeness (QED) is 0.886. The number of carbonyl (C=O) groups is 2. The van der Waals surface area contributed by atoms with Crippen molar-refractivity contribution in [1.82, 2.24) is 4.90 Å². The Hall–Kier alpha value is -2.04. The zero-order chi connectivity index (χ0) is 16.8. The van der Waals surface area contributed by atoms with Crippen molar-refractivity contribution in [3.8, 4) is 0 Å². The molecule has 0 saturated heterocycles. The molecule has 0 aromatic heterocycles. The van der Waals surface area contributed by atoms with Crippen LogP contribution in [0.3, 0.4) is 0 Å². The Balaban J connectivity index is 2.01. The van der Waals surface area contributed by atoms with Gasteiger partial charge in [0.25, 0.3) is 0 Å². The van der Waals surface area contributed by atoms with E-state index in [2.05, 4.69) is 5.32 Å². The summed E-state index contributed by atoms with van der Waals surface area (Å²) in [6, 6.07) is 14.0. The predicted molar refractivity (Wildman–Crippen MR) is 92.6 cm³/mol.